The molecule has 0 N–H and O–H groups in total. The Bertz CT molecular complexity index is 20.0. The van der Waals surface area contributed by atoms with Gasteiger partial charge in [0.25, 0.3) is 0 Å². The van der Waals surface area contributed by atoms with Gasteiger partial charge < -0.3 is 0 Å². The van der Waals surface area contributed by atoms with Crippen LogP contribution in [0.5, 0.6) is 0 Å². The average Bonchev–Trinajstić information content (AvgIpc) is 2.31. The summed E-state index contributed by atoms with van der Waals surface area (Å²) < 4.78 is 0. The van der Waals surface area contributed by atoms with Crippen LogP contribution in [0.1, 0.15) is 54.8 Å². The van der Waals surface area contributed by atoms with Gasteiger partial charge in [-0.1, -0.05) is 53.4 Å². The number of hydrogen-bond donors (Lipinski definition) is 0. The Kier molecular flexibility index (Phi) is 9.53. The maximum atomic E-state index is 1.50. The van der Waals surface area contributed by atoms with E-state index in [2.05, 4.69) is 0 Å². The van der Waals surface area contributed by atoms with Crippen LogP contribution >= 0.6 is 0 Å². The number of rotatable bonds is 0. The zero-order valence-corrected chi connectivity index (χ0v) is 4.24. The van der Waals surface area contributed by atoms with Gasteiger partial charge in [0.05, 0.1) is 0 Å². The average molecular weight is 117 g/mol. The van der Waals surface area contributed by atoms with E-state index in [0.717, 1.165) is 0 Å². The molecule has 0 nitrogen and oxygen atoms in total. The molecule has 2 aliphatic rings. The minimum Gasteiger partial charge on any atom is -0.0776 e. The molecule has 0 aromatic rings. The molecule has 8 heavy (non-hydrogen) atoms. The summed E-state index contributed by atoms with van der Waals surface area (Å²) >= 11 is 0. The van der Waals surface area contributed by atoms with E-state index in [1.807, 2.05) is 0 Å². The Morgan fingerprint density at radius 3 is 0.625 bits per heavy atom. The topological polar surface area (TPSA) is 0 Å². The first kappa shape index (κ1) is 10.9. The first-order valence-corrected chi connectivity index (χ1v) is 3.00. The molecule has 0 aliphatic heterocycles. The van der Waals surface area contributed by atoms with Crippen molar-refractivity contribution in [3.05, 3.63) is 0 Å². The van der Waals surface area contributed by atoms with Crippen LogP contribution in [0, 0.1) is 0 Å². The first-order valence-electron chi connectivity index (χ1n) is 3.00. The van der Waals surface area contributed by atoms with Gasteiger partial charge in [0.1, 0.15) is 0 Å². The van der Waals surface area contributed by atoms with Gasteiger partial charge in [-0.2, -0.15) is 0 Å². The molecule has 0 heterocycles. The summed E-state index contributed by atoms with van der Waals surface area (Å²) in [7, 11) is 0. The van der Waals surface area contributed by atoms with E-state index in [1.165, 1.54) is 38.5 Å². The van der Waals surface area contributed by atoms with Gasteiger partial charge >= 0.3 is 1.43 Å². The highest BCUT2D eigenvalue weighted by Crippen LogP contribution is 2.15. The van der Waals surface area contributed by atoms with E-state index in [9.17, 15) is 0 Å². The second-order valence-electron chi connectivity index (χ2n) is 2.12. The summed E-state index contributed by atoms with van der Waals surface area (Å²) in [6.07, 6.45) is 9.00. The molecular weight excluding hydrogens is 96.1 g/mol. The Morgan fingerprint density at radius 2 is 0.625 bits per heavy atom. The molecule has 0 aromatic carbocycles. The van der Waals surface area contributed by atoms with E-state index in [-0.39, 0.29) is 16.3 Å². The highest BCUT2D eigenvalue weighted by atomic mass is 14.0. The van der Waals surface area contributed by atoms with Gasteiger partial charge in [-0.25, -0.2) is 0 Å². The molecule has 0 radical (unpaired) electrons. The summed E-state index contributed by atoms with van der Waals surface area (Å²) in [6.45, 7) is 0. The molecule has 2 fully saturated rings. The van der Waals surface area contributed by atoms with Crippen molar-refractivity contribution in [1.29, 1.82) is 0 Å². The highest BCUT2D eigenvalue weighted by Gasteiger charge is 1.95. The molecule has 0 unspecified atom stereocenters. The van der Waals surface area contributed by atoms with E-state index in [0.29, 0.717) is 0 Å². The van der Waals surface area contributed by atoms with Gasteiger partial charge in [0.2, 0.25) is 0 Å². The molecule has 0 saturated heterocycles. The molecule has 2 saturated carbocycles. The smallest absolute Gasteiger partial charge is 0.0776 e. The third-order valence-corrected chi connectivity index (χ3v) is 0.707. The fraction of sp³-hybridized carbons (Fsp3) is 1.00. The fourth-order valence-corrected chi connectivity index (χ4v) is 0. The minimum absolute atomic E-state index is 0. The lowest BCUT2D eigenvalue weighted by Gasteiger charge is -1.05. The van der Waals surface area contributed by atoms with E-state index in [4.69, 9.17) is 0 Å². The molecule has 0 atom stereocenters. The standard InChI is InChI=1S/2C3H6.2CH4/c2*1-2-3-1;;/h2*1-3H2;2*1H4/p+1. The van der Waals surface area contributed by atoms with E-state index < -0.39 is 0 Å². The summed E-state index contributed by atoms with van der Waals surface area (Å²) in [5.41, 5.74) is 0. The monoisotopic (exact) mass is 117 g/mol. The van der Waals surface area contributed by atoms with Gasteiger partial charge in [0, 0.05) is 0 Å². The van der Waals surface area contributed by atoms with Crippen molar-refractivity contribution in [2.75, 3.05) is 0 Å². The third kappa shape index (κ3) is 37.5. The van der Waals surface area contributed by atoms with Crippen molar-refractivity contribution in [1.82, 2.24) is 0 Å². The summed E-state index contributed by atoms with van der Waals surface area (Å²) in [5.74, 6) is 0. The Labute approximate surface area is 55.8 Å². The molecule has 52 valence electrons. The van der Waals surface area contributed by atoms with Gasteiger partial charge in [0.15, 0.2) is 0 Å². The molecule has 0 spiro atoms. The Hall–Kier alpha value is 0. The SMILES string of the molecule is C.C.C1CC1.C1CC1.[H+]. The van der Waals surface area contributed by atoms with Crippen molar-refractivity contribution in [3.63, 3.8) is 0 Å². The van der Waals surface area contributed by atoms with Crippen LogP contribution in [-0.4, -0.2) is 0 Å². The predicted molar refractivity (Wildman–Crippen MR) is 42.3 cm³/mol. The first-order chi connectivity index (χ1) is 3.00. The largest absolute Gasteiger partial charge is 1.00 e. The van der Waals surface area contributed by atoms with Crippen molar-refractivity contribution >= 4 is 0 Å². The Balaban J connectivity index is -0.0000000600. The van der Waals surface area contributed by atoms with Gasteiger partial charge in [-0.3, -0.25) is 0 Å². The van der Waals surface area contributed by atoms with Crippen molar-refractivity contribution < 1.29 is 1.43 Å². The fourth-order valence-electron chi connectivity index (χ4n) is 0. The lowest BCUT2D eigenvalue weighted by molar-refractivity contribution is 1.50. The Morgan fingerprint density at radius 1 is 0.500 bits per heavy atom. The van der Waals surface area contributed by atoms with Crippen molar-refractivity contribution in [2.45, 2.75) is 53.4 Å². The van der Waals surface area contributed by atoms with E-state index in [1.54, 1.807) is 0 Å². The van der Waals surface area contributed by atoms with Crippen LogP contribution in [0.25, 0.3) is 0 Å². The van der Waals surface area contributed by atoms with Crippen LogP contribution < -0.4 is 0 Å². The molecule has 0 amide bonds. The second-order valence-corrected chi connectivity index (χ2v) is 2.12. The van der Waals surface area contributed by atoms with Crippen molar-refractivity contribution in [3.8, 4) is 0 Å². The predicted octanol–water partition coefficient (Wildman–Crippen LogP) is 3.73. The summed E-state index contributed by atoms with van der Waals surface area (Å²) in [6, 6.07) is 0. The van der Waals surface area contributed by atoms with Gasteiger partial charge in [-0.05, 0) is 0 Å². The summed E-state index contributed by atoms with van der Waals surface area (Å²) in [4.78, 5) is 0. The zero-order chi connectivity index (χ0) is 4.24. The third-order valence-electron chi connectivity index (χ3n) is 0.707. The van der Waals surface area contributed by atoms with Crippen LogP contribution in [0.4, 0.5) is 0 Å². The maximum absolute atomic E-state index is 1.50. The molecular formula is C8H21+. The van der Waals surface area contributed by atoms with Crippen LogP contribution in [-0.2, 0) is 0 Å². The van der Waals surface area contributed by atoms with Crippen LogP contribution in [0.3, 0.4) is 0 Å². The molecule has 0 bridgehead atoms. The van der Waals surface area contributed by atoms with Gasteiger partial charge in [-0.15, -0.1) is 0 Å². The van der Waals surface area contributed by atoms with Crippen LogP contribution in [0.2, 0.25) is 0 Å². The lowest BCUT2D eigenvalue weighted by Crippen LogP contribution is -0.856. The lowest BCUT2D eigenvalue weighted by atomic mass is 11.0. The second kappa shape index (κ2) is 7.00. The number of hydrogen-bond acceptors (Lipinski definition) is 0. The maximum Gasteiger partial charge on any atom is 1.00 e. The highest BCUT2D eigenvalue weighted by molar-refractivity contribution is 4.51. The van der Waals surface area contributed by atoms with Crippen molar-refractivity contribution in [2.24, 2.45) is 0 Å². The van der Waals surface area contributed by atoms with E-state index >= 15 is 0 Å². The molecule has 0 aromatic heterocycles. The minimum atomic E-state index is 0. The van der Waals surface area contributed by atoms with Crippen LogP contribution in [0.15, 0.2) is 0 Å². The quantitative estimate of drug-likeness (QED) is 0.453. The summed E-state index contributed by atoms with van der Waals surface area (Å²) in [5, 5.41) is 0. The molecule has 2 rings (SSSR count). The normalized spacial score (nSPS) is 18.0. The molecule has 0 heteroatoms. The molecule has 2 aliphatic carbocycles. The zero-order valence-electron chi connectivity index (χ0n) is 5.24.